The van der Waals surface area contributed by atoms with Gasteiger partial charge in [0, 0.05) is 22.1 Å². The third kappa shape index (κ3) is 2.94. The molecule has 1 heterocycles. The lowest BCUT2D eigenvalue weighted by atomic mass is 9.60. The molecular formula is C28H13B5O. The molecule has 0 atom stereocenters. The molecule has 0 spiro atoms. The molecule has 0 saturated carbocycles. The fraction of sp³-hybridized carbons (Fsp3) is 0. The van der Waals surface area contributed by atoms with E-state index in [0.29, 0.717) is 16.9 Å². The molecule has 0 N–H and O–H groups in total. The van der Waals surface area contributed by atoms with Crippen LogP contribution in [0, 0.1) is 0 Å². The first kappa shape index (κ1) is 21.0. The normalized spacial score (nSPS) is 11.5. The van der Waals surface area contributed by atoms with Crippen molar-refractivity contribution >= 4 is 99.1 Å². The lowest BCUT2D eigenvalue weighted by Crippen LogP contribution is -2.55. The van der Waals surface area contributed by atoms with Gasteiger partial charge in [0.2, 0.25) is 0 Å². The van der Waals surface area contributed by atoms with E-state index < -0.39 is 0 Å². The van der Waals surface area contributed by atoms with Gasteiger partial charge in [0.05, 0.1) is 0 Å². The minimum Gasteiger partial charge on any atom is -0.455 e. The zero-order valence-electron chi connectivity index (χ0n) is 18.3. The molecule has 0 unspecified atom stereocenters. The van der Waals surface area contributed by atoms with E-state index in [4.69, 9.17) is 43.6 Å². The predicted molar refractivity (Wildman–Crippen MR) is 149 cm³/mol. The zero-order chi connectivity index (χ0) is 23.6. The number of hydrogen-bond acceptors (Lipinski definition) is 1. The second kappa shape index (κ2) is 7.77. The number of furan rings is 1. The van der Waals surface area contributed by atoms with Crippen LogP contribution < -0.4 is 27.3 Å². The Kier molecular flexibility index (Phi) is 4.81. The highest BCUT2D eigenvalue weighted by atomic mass is 16.3. The van der Waals surface area contributed by atoms with Crippen LogP contribution in [0.15, 0.2) is 83.3 Å². The van der Waals surface area contributed by atoms with Gasteiger partial charge in [-0.15, -0.1) is 16.4 Å². The zero-order valence-corrected chi connectivity index (χ0v) is 18.3. The van der Waals surface area contributed by atoms with Crippen molar-refractivity contribution in [3.05, 3.63) is 78.9 Å². The maximum absolute atomic E-state index is 6.48. The molecule has 6 rings (SSSR count). The van der Waals surface area contributed by atoms with Crippen LogP contribution in [-0.4, -0.2) is 39.2 Å². The lowest BCUT2D eigenvalue weighted by Gasteiger charge is -2.21. The maximum Gasteiger partial charge on any atom is 0.142 e. The second-order valence-corrected chi connectivity index (χ2v) is 8.44. The maximum atomic E-state index is 6.48. The third-order valence-electron chi connectivity index (χ3n) is 6.54. The average molecular weight is 419 g/mol. The molecule has 0 saturated heterocycles. The van der Waals surface area contributed by atoms with Gasteiger partial charge >= 0.3 is 0 Å². The van der Waals surface area contributed by atoms with Crippen LogP contribution in [0.5, 0.6) is 0 Å². The molecule has 0 aliphatic carbocycles. The van der Waals surface area contributed by atoms with Gasteiger partial charge in [-0.05, 0) is 33.7 Å². The summed E-state index contributed by atoms with van der Waals surface area (Å²) in [6.45, 7) is 0. The van der Waals surface area contributed by atoms with Crippen LogP contribution in [0.1, 0.15) is 0 Å². The Morgan fingerprint density at radius 3 is 1.50 bits per heavy atom. The molecule has 1 nitrogen and oxygen atoms in total. The highest BCUT2D eigenvalue weighted by Crippen LogP contribution is 2.45. The van der Waals surface area contributed by atoms with Crippen LogP contribution in [0.4, 0.5) is 0 Å². The minimum atomic E-state index is 0.173. The Hall–Kier alpha value is -3.52. The first-order valence-electron chi connectivity index (χ1n) is 10.9. The van der Waals surface area contributed by atoms with Crippen LogP contribution in [0.2, 0.25) is 0 Å². The van der Waals surface area contributed by atoms with Gasteiger partial charge in [-0.3, -0.25) is 0 Å². The van der Waals surface area contributed by atoms with Crippen molar-refractivity contribution < 1.29 is 4.42 Å². The summed E-state index contributed by atoms with van der Waals surface area (Å²) in [6.07, 6.45) is 0. The molecule has 0 aliphatic heterocycles. The van der Waals surface area contributed by atoms with Gasteiger partial charge in [0.1, 0.15) is 50.6 Å². The van der Waals surface area contributed by atoms with Crippen LogP contribution in [-0.2, 0) is 0 Å². The monoisotopic (exact) mass is 420 g/mol. The molecule has 0 bridgehead atoms. The smallest absolute Gasteiger partial charge is 0.142 e. The number of benzene rings is 5. The van der Waals surface area contributed by atoms with Crippen molar-refractivity contribution in [1.29, 1.82) is 0 Å². The van der Waals surface area contributed by atoms with E-state index >= 15 is 0 Å². The molecule has 34 heavy (non-hydrogen) atoms. The van der Waals surface area contributed by atoms with Crippen molar-refractivity contribution in [2.75, 3.05) is 0 Å². The number of hydrogen-bond donors (Lipinski definition) is 0. The van der Waals surface area contributed by atoms with Gasteiger partial charge in [-0.2, -0.15) is 0 Å². The average Bonchev–Trinajstić information content (AvgIpc) is 3.23. The van der Waals surface area contributed by atoms with Crippen molar-refractivity contribution in [2.24, 2.45) is 0 Å². The van der Waals surface area contributed by atoms with Gasteiger partial charge in [-0.1, -0.05) is 77.7 Å². The summed E-state index contributed by atoms with van der Waals surface area (Å²) < 4.78 is 6.44. The summed E-state index contributed by atoms with van der Waals surface area (Å²) in [7, 11) is 31.5. The SMILES string of the molecule is [B]c1c([B])c([B])c(-c2oc3ccccc3c2-c2c3ccccc3cc3ccccc23)c([B])c1[B]. The molecule has 1 aromatic heterocycles. The third-order valence-corrected chi connectivity index (χ3v) is 6.54. The molecule has 6 aromatic rings. The van der Waals surface area contributed by atoms with Gasteiger partial charge < -0.3 is 4.42 Å². The van der Waals surface area contributed by atoms with E-state index in [-0.39, 0.29) is 27.3 Å². The summed E-state index contributed by atoms with van der Waals surface area (Å²) in [5, 5.41) is 5.34. The van der Waals surface area contributed by atoms with Gasteiger partial charge in [0.15, 0.2) is 0 Å². The second-order valence-electron chi connectivity index (χ2n) is 8.44. The topological polar surface area (TPSA) is 13.1 Å². The van der Waals surface area contributed by atoms with Crippen molar-refractivity contribution in [3.63, 3.8) is 0 Å². The van der Waals surface area contributed by atoms with Gasteiger partial charge in [0.25, 0.3) is 0 Å². The Morgan fingerprint density at radius 2 is 0.912 bits per heavy atom. The summed E-state index contributed by atoms with van der Waals surface area (Å²) >= 11 is 0. The van der Waals surface area contributed by atoms with Gasteiger partial charge in [-0.25, -0.2) is 0 Å². The lowest BCUT2D eigenvalue weighted by molar-refractivity contribution is 0.633. The van der Waals surface area contributed by atoms with E-state index in [0.717, 1.165) is 38.1 Å². The van der Waals surface area contributed by atoms with E-state index in [1.807, 2.05) is 48.5 Å². The predicted octanol–water partition coefficient (Wildman–Crippen LogP) is 2.04. The van der Waals surface area contributed by atoms with E-state index in [1.54, 1.807) is 0 Å². The quantitative estimate of drug-likeness (QED) is 0.309. The Bertz CT molecular complexity index is 1680. The largest absolute Gasteiger partial charge is 0.455 e. The minimum absolute atomic E-state index is 0.173. The standard InChI is InChI=1S/C28H13B5O/c29-23-22(24(30)26(32)27(33)25(23)31)28-21(18-11-5-6-12-19(18)34-28)20-16-9-3-1-7-14(16)13-15-8-2-4-10-17(15)20/h1-13H. The summed E-state index contributed by atoms with van der Waals surface area (Å²) in [5.41, 5.74) is 4.11. The number of rotatable bonds is 2. The molecule has 0 aliphatic rings. The van der Waals surface area contributed by atoms with Crippen molar-refractivity contribution in [1.82, 2.24) is 0 Å². The molecule has 0 amide bonds. The highest BCUT2D eigenvalue weighted by Gasteiger charge is 2.24. The Balaban J connectivity index is 1.86. The van der Waals surface area contributed by atoms with E-state index in [1.165, 1.54) is 0 Å². The summed E-state index contributed by atoms with van der Waals surface area (Å²) in [5.74, 6) is 0.510. The molecular weight excluding hydrogens is 406 g/mol. The Labute approximate surface area is 204 Å². The molecule has 146 valence electrons. The first-order chi connectivity index (χ1) is 16.5. The van der Waals surface area contributed by atoms with Crippen LogP contribution in [0.3, 0.4) is 0 Å². The highest BCUT2D eigenvalue weighted by molar-refractivity contribution is 6.68. The van der Waals surface area contributed by atoms with E-state index in [2.05, 4.69) is 30.3 Å². The Morgan fingerprint density at radius 1 is 0.441 bits per heavy atom. The molecule has 10 radical (unpaired) electrons. The van der Waals surface area contributed by atoms with Crippen LogP contribution in [0.25, 0.3) is 55.0 Å². The molecule has 5 aromatic carbocycles. The summed E-state index contributed by atoms with van der Waals surface area (Å²) in [6, 6.07) is 26.6. The van der Waals surface area contributed by atoms with Crippen LogP contribution >= 0.6 is 0 Å². The number of fused-ring (bicyclic) bond motifs is 3. The van der Waals surface area contributed by atoms with E-state index in [9.17, 15) is 0 Å². The summed E-state index contributed by atoms with van der Waals surface area (Å²) in [4.78, 5) is 0. The fourth-order valence-electron chi connectivity index (χ4n) is 4.85. The fourth-order valence-corrected chi connectivity index (χ4v) is 4.85. The first-order valence-corrected chi connectivity index (χ1v) is 10.9. The van der Waals surface area contributed by atoms with Crippen molar-refractivity contribution in [2.45, 2.75) is 0 Å². The molecule has 6 heteroatoms. The molecule has 0 fully saturated rings. The number of para-hydroxylation sites is 1. The van der Waals surface area contributed by atoms with Crippen molar-refractivity contribution in [3.8, 4) is 22.5 Å².